The summed E-state index contributed by atoms with van der Waals surface area (Å²) in [5.41, 5.74) is 0.683. The van der Waals surface area contributed by atoms with E-state index < -0.39 is 0 Å². The topological polar surface area (TPSA) is 40.5 Å². The summed E-state index contributed by atoms with van der Waals surface area (Å²) in [5, 5.41) is 9.06. The second kappa shape index (κ2) is 5.82. The molecule has 0 aliphatic heterocycles. The Bertz CT molecular complexity index is 418. The Balaban J connectivity index is 2.17. The molecule has 0 saturated heterocycles. The van der Waals surface area contributed by atoms with Crippen molar-refractivity contribution in [3.8, 4) is 0 Å². The summed E-state index contributed by atoms with van der Waals surface area (Å²) in [5.74, 6) is 0.0116. The average molecular weight is 383 g/mol. The highest BCUT2D eigenvalue weighted by Crippen LogP contribution is 2.34. The standard InChI is InChI=1S/C11H13Br2NO2S/c12-9-6-8(10(13)17-9)11(16)14(4-5-15)7-2-1-3-7/h6-7,15H,1-5H2. The number of carbonyl (C=O) groups is 1. The summed E-state index contributed by atoms with van der Waals surface area (Å²) in [4.78, 5) is 14.2. The van der Waals surface area contributed by atoms with Gasteiger partial charge in [0.05, 0.1) is 19.7 Å². The molecule has 1 saturated carbocycles. The van der Waals surface area contributed by atoms with Crippen LogP contribution in [0.25, 0.3) is 0 Å². The van der Waals surface area contributed by atoms with E-state index in [0.717, 1.165) is 20.4 Å². The largest absolute Gasteiger partial charge is 0.395 e. The highest BCUT2D eigenvalue weighted by molar-refractivity contribution is 9.12. The fourth-order valence-electron chi connectivity index (χ4n) is 1.90. The first-order chi connectivity index (χ1) is 8.13. The van der Waals surface area contributed by atoms with Crippen LogP contribution in [-0.2, 0) is 0 Å². The third kappa shape index (κ3) is 2.92. The summed E-state index contributed by atoms with van der Waals surface area (Å²) in [6.45, 7) is 0.439. The lowest BCUT2D eigenvalue weighted by atomic mass is 9.91. The first kappa shape index (κ1) is 13.5. The van der Waals surface area contributed by atoms with Crippen LogP contribution >= 0.6 is 43.2 Å². The van der Waals surface area contributed by atoms with Gasteiger partial charge in [-0.05, 0) is 57.2 Å². The van der Waals surface area contributed by atoms with E-state index >= 15 is 0 Å². The smallest absolute Gasteiger partial charge is 0.256 e. The zero-order valence-corrected chi connectivity index (χ0v) is 13.1. The normalized spacial score (nSPS) is 15.7. The van der Waals surface area contributed by atoms with Crippen molar-refractivity contribution < 1.29 is 9.90 Å². The molecule has 0 aromatic carbocycles. The molecule has 3 nitrogen and oxygen atoms in total. The third-order valence-corrected chi connectivity index (χ3v) is 5.34. The van der Waals surface area contributed by atoms with Crippen LogP contribution in [0.15, 0.2) is 13.6 Å². The predicted octanol–water partition coefficient (Wildman–Crippen LogP) is 3.26. The zero-order valence-electron chi connectivity index (χ0n) is 9.16. The number of aliphatic hydroxyl groups is 1. The minimum Gasteiger partial charge on any atom is -0.395 e. The third-order valence-electron chi connectivity index (χ3n) is 3.00. The molecule has 94 valence electrons. The number of amides is 1. The minimum atomic E-state index is 0.0116. The van der Waals surface area contributed by atoms with Gasteiger partial charge in [-0.15, -0.1) is 11.3 Å². The first-order valence-corrected chi connectivity index (χ1v) is 7.90. The number of thiophene rings is 1. The van der Waals surface area contributed by atoms with Crippen LogP contribution in [0.2, 0.25) is 0 Å². The lowest BCUT2D eigenvalue weighted by molar-refractivity contribution is 0.0525. The number of hydrogen-bond donors (Lipinski definition) is 1. The van der Waals surface area contributed by atoms with E-state index in [1.165, 1.54) is 17.8 Å². The molecule has 0 atom stereocenters. The van der Waals surface area contributed by atoms with Gasteiger partial charge in [0.25, 0.3) is 5.91 Å². The van der Waals surface area contributed by atoms with Crippen molar-refractivity contribution >= 4 is 49.1 Å². The van der Waals surface area contributed by atoms with Crippen LogP contribution in [0.4, 0.5) is 0 Å². The molecule has 1 aliphatic rings. The van der Waals surface area contributed by atoms with Gasteiger partial charge in [-0.25, -0.2) is 0 Å². The van der Waals surface area contributed by atoms with Gasteiger partial charge in [0.1, 0.15) is 0 Å². The quantitative estimate of drug-likeness (QED) is 0.868. The maximum atomic E-state index is 12.4. The average Bonchev–Trinajstić information content (AvgIpc) is 2.53. The summed E-state index contributed by atoms with van der Waals surface area (Å²) in [6.07, 6.45) is 3.28. The molecule has 1 aromatic heterocycles. The van der Waals surface area contributed by atoms with E-state index in [-0.39, 0.29) is 12.5 Å². The molecule has 6 heteroatoms. The molecule has 1 aliphatic carbocycles. The number of nitrogens with zero attached hydrogens (tertiary/aromatic N) is 1. The Kier molecular flexibility index (Phi) is 4.63. The Morgan fingerprint density at radius 3 is 2.65 bits per heavy atom. The van der Waals surface area contributed by atoms with Gasteiger partial charge in [-0.3, -0.25) is 4.79 Å². The Hall–Kier alpha value is 0.0900. The van der Waals surface area contributed by atoms with Crippen LogP contribution in [0.5, 0.6) is 0 Å². The zero-order chi connectivity index (χ0) is 12.4. The maximum absolute atomic E-state index is 12.4. The highest BCUT2D eigenvalue weighted by atomic mass is 79.9. The number of halogens is 2. The van der Waals surface area contributed by atoms with Crippen molar-refractivity contribution in [2.24, 2.45) is 0 Å². The molecular weight excluding hydrogens is 370 g/mol. The van der Waals surface area contributed by atoms with Crippen LogP contribution < -0.4 is 0 Å². The fraction of sp³-hybridized carbons (Fsp3) is 0.545. The predicted molar refractivity (Wildman–Crippen MR) is 75.5 cm³/mol. The van der Waals surface area contributed by atoms with E-state index in [0.29, 0.717) is 18.2 Å². The SMILES string of the molecule is O=C(c1cc(Br)sc1Br)N(CCO)C1CCC1. The van der Waals surface area contributed by atoms with Crippen LogP contribution in [0.1, 0.15) is 29.6 Å². The van der Waals surface area contributed by atoms with Crippen molar-refractivity contribution in [3.05, 3.63) is 19.2 Å². The second-order valence-electron chi connectivity index (χ2n) is 4.04. The number of aliphatic hydroxyl groups excluding tert-OH is 1. The van der Waals surface area contributed by atoms with Crippen LogP contribution in [-0.4, -0.2) is 35.1 Å². The first-order valence-electron chi connectivity index (χ1n) is 5.50. The number of carbonyl (C=O) groups excluding carboxylic acids is 1. The Morgan fingerprint density at radius 1 is 1.53 bits per heavy atom. The van der Waals surface area contributed by atoms with Gasteiger partial charge in [0, 0.05) is 12.6 Å². The molecular formula is C11H13Br2NO2S. The summed E-state index contributed by atoms with van der Waals surface area (Å²) < 4.78 is 1.78. The van der Waals surface area contributed by atoms with E-state index in [9.17, 15) is 4.79 Å². The molecule has 0 radical (unpaired) electrons. The van der Waals surface area contributed by atoms with Crippen LogP contribution in [0, 0.1) is 0 Å². The van der Waals surface area contributed by atoms with Gasteiger partial charge in [0.2, 0.25) is 0 Å². The molecule has 0 unspecified atom stereocenters. The Labute approximate surface area is 121 Å². The van der Waals surface area contributed by atoms with E-state index in [1.807, 2.05) is 6.07 Å². The van der Waals surface area contributed by atoms with E-state index in [4.69, 9.17) is 5.11 Å². The molecule has 1 aromatic rings. The monoisotopic (exact) mass is 381 g/mol. The number of rotatable bonds is 4. The molecule has 1 heterocycles. The molecule has 0 bridgehead atoms. The summed E-state index contributed by atoms with van der Waals surface area (Å²) in [7, 11) is 0. The lowest BCUT2D eigenvalue weighted by Crippen LogP contribution is -2.45. The van der Waals surface area contributed by atoms with Crippen molar-refractivity contribution in [1.29, 1.82) is 0 Å². The maximum Gasteiger partial charge on any atom is 0.256 e. The second-order valence-corrected chi connectivity index (χ2v) is 7.79. The van der Waals surface area contributed by atoms with Gasteiger partial charge >= 0.3 is 0 Å². The molecule has 17 heavy (non-hydrogen) atoms. The van der Waals surface area contributed by atoms with E-state index in [1.54, 1.807) is 4.90 Å². The lowest BCUT2D eigenvalue weighted by Gasteiger charge is -2.37. The van der Waals surface area contributed by atoms with Gasteiger partial charge in [-0.1, -0.05) is 0 Å². The van der Waals surface area contributed by atoms with Crippen molar-refractivity contribution in [2.45, 2.75) is 25.3 Å². The van der Waals surface area contributed by atoms with Gasteiger partial charge < -0.3 is 10.0 Å². The van der Waals surface area contributed by atoms with E-state index in [2.05, 4.69) is 31.9 Å². The highest BCUT2D eigenvalue weighted by Gasteiger charge is 2.30. The van der Waals surface area contributed by atoms with Gasteiger partial charge in [0.15, 0.2) is 0 Å². The van der Waals surface area contributed by atoms with Gasteiger partial charge in [-0.2, -0.15) is 0 Å². The minimum absolute atomic E-state index is 0.0116. The summed E-state index contributed by atoms with van der Waals surface area (Å²) >= 11 is 8.27. The van der Waals surface area contributed by atoms with Crippen molar-refractivity contribution in [1.82, 2.24) is 4.90 Å². The summed E-state index contributed by atoms with van der Waals surface area (Å²) in [6, 6.07) is 2.14. The van der Waals surface area contributed by atoms with Crippen molar-refractivity contribution in [2.75, 3.05) is 13.2 Å². The fourth-order valence-corrected chi connectivity index (χ4v) is 4.67. The Morgan fingerprint density at radius 2 is 2.24 bits per heavy atom. The molecule has 1 amide bonds. The number of hydrogen-bond acceptors (Lipinski definition) is 3. The molecule has 1 fully saturated rings. The molecule has 2 rings (SSSR count). The van der Waals surface area contributed by atoms with Crippen molar-refractivity contribution in [3.63, 3.8) is 0 Å². The molecule has 1 N–H and O–H groups in total. The molecule has 0 spiro atoms. The van der Waals surface area contributed by atoms with Crippen LogP contribution in [0.3, 0.4) is 0 Å².